The fraction of sp³-hybridized carbons (Fsp3) is 0.567. The van der Waals surface area contributed by atoms with Crippen molar-refractivity contribution < 1.29 is 34.0 Å². The molecule has 1 fully saturated rings. The van der Waals surface area contributed by atoms with E-state index in [9.17, 15) is 15.0 Å². The van der Waals surface area contributed by atoms with Gasteiger partial charge in [-0.1, -0.05) is 62.6 Å². The maximum atomic E-state index is 12.4. The minimum absolute atomic E-state index is 0.0575. The fourth-order valence-electron chi connectivity index (χ4n) is 4.85. The molecule has 3 rings (SSSR count). The van der Waals surface area contributed by atoms with Crippen LogP contribution in [-0.4, -0.2) is 40.7 Å². The highest BCUT2D eigenvalue weighted by molar-refractivity contribution is 5.75. The molecule has 0 bridgehead atoms. The van der Waals surface area contributed by atoms with Gasteiger partial charge in [0, 0.05) is 6.42 Å². The van der Waals surface area contributed by atoms with Crippen molar-refractivity contribution >= 4 is 5.97 Å². The predicted molar refractivity (Wildman–Crippen MR) is 142 cm³/mol. The van der Waals surface area contributed by atoms with Crippen molar-refractivity contribution in [2.75, 3.05) is 0 Å². The Kier molecular flexibility index (Phi) is 12.2. The molecule has 3 aliphatic rings. The molecule has 2 heterocycles. The number of rotatable bonds is 16. The Balaban J connectivity index is 1.56. The summed E-state index contributed by atoms with van der Waals surface area (Å²) in [6, 6.07) is 0. The van der Waals surface area contributed by atoms with Crippen molar-refractivity contribution in [1.82, 2.24) is 0 Å². The number of allylic oxidation sites excluding steroid dienone is 8. The number of carboxylic acid groups (broad SMARTS) is 1. The van der Waals surface area contributed by atoms with Gasteiger partial charge >= 0.3 is 5.97 Å². The summed E-state index contributed by atoms with van der Waals surface area (Å²) in [5, 5.41) is 20.6. The number of carboxylic acids is 1. The summed E-state index contributed by atoms with van der Waals surface area (Å²) in [6.07, 6.45) is 28.5. The molecule has 0 aromatic rings. The lowest BCUT2D eigenvalue weighted by atomic mass is 9.90. The van der Waals surface area contributed by atoms with Crippen molar-refractivity contribution in [2.45, 2.75) is 95.6 Å². The normalized spacial score (nSPS) is 28.5. The molecular formula is C30H42O7. The third kappa shape index (κ3) is 9.33. The molecule has 204 valence electrons. The van der Waals surface area contributed by atoms with Crippen LogP contribution in [0.4, 0.5) is 0 Å². The van der Waals surface area contributed by atoms with Gasteiger partial charge in [-0.3, -0.25) is 9.47 Å². The third-order valence-corrected chi connectivity index (χ3v) is 6.94. The van der Waals surface area contributed by atoms with E-state index in [0.717, 1.165) is 25.7 Å². The van der Waals surface area contributed by atoms with Crippen molar-refractivity contribution in [3.8, 4) is 0 Å². The second-order valence-electron chi connectivity index (χ2n) is 9.73. The Morgan fingerprint density at radius 1 is 0.946 bits per heavy atom. The van der Waals surface area contributed by atoms with Gasteiger partial charge in [0.15, 0.2) is 0 Å². The van der Waals surface area contributed by atoms with Gasteiger partial charge in [0.05, 0.1) is 18.6 Å². The molecule has 2 N–H and O–H groups in total. The third-order valence-electron chi connectivity index (χ3n) is 6.94. The Morgan fingerprint density at radius 3 is 2.24 bits per heavy atom. The van der Waals surface area contributed by atoms with Crippen molar-refractivity contribution in [2.24, 2.45) is 11.8 Å². The molecule has 5 atom stereocenters. The van der Waals surface area contributed by atoms with Crippen molar-refractivity contribution in [1.29, 1.82) is 0 Å². The standard InChI is InChI=1S/C30H42O7/c1-2-3-4-5-6-8-15-24-19-20-26(31)25(24)16-9-7-12-21-30(29(32)33,36-27-17-10-13-22-34-27)37-28-18-11-14-23-35-28/h7-11,13-15,17-18,22-28,31H,2-6,12,16,19-21H2,1H3,(H,32,33)/b9-7?,15-8+/t24-,25+,26-,27?,28?,30?/m0/s1. The Hall–Kier alpha value is -2.61. The molecule has 0 spiro atoms. The van der Waals surface area contributed by atoms with Crippen LogP contribution in [0.2, 0.25) is 0 Å². The van der Waals surface area contributed by atoms with Gasteiger partial charge in [0.25, 0.3) is 5.79 Å². The number of hydrogen-bond donors (Lipinski definition) is 2. The van der Waals surface area contributed by atoms with Crippen LogP contribution in [0.25, 0.3) is 0 Å². The van der Waals surface area contributed by atoms with Gasteiger partial charge < -0.3 is 19.7 Å². The van der Waals surface area contributed by atoms with E-state index in [4.69, 9.17) is 18.9 Å². The molecule has 2 aliphatic heterocycles. The van der Waals surface area contributed by atoms with E-state index in [1.807, 2.05) is 12.2 Å². The zero-order valence-corrected chi connectivity index (χ0v) is 21.8. The molecule has 1 saturated carbocycles. The first-order chi connectivity index (χ1) is 18.0. The fourth-order valence-corrected chi connectivity index (χ4v) is 4.85. The topological polar surface area (TPSA) is 94.5 Å². The molecule has 37 heavy (non-hydrogen) atoms. The second-order valence-corrected chi connectivity index (χ2v) is 9.73. The SMILES string of the molecule is CCCCCC/C=C/[C@H]1CC[C@H](O)[C@@H]1CC=CCCC(OC1C=CC=CO1)(OC1C=CC=CO1)C(=O)O. The minimum atomic E-state index is -1.97. The summed E-state index contributed by atoms with van der Waals surface area (Å²) < 4.78 is 22.5. The highest BCUT2D eigenvalue weighted by Crippen LogP contribution is 2.36. The maximum Gasteiger partial charge on any atom is 0.364 e. The molecule has 0 amide bonds. The molecule has 0 saturated heterocycles. The summed E-state index contributed by atoms with van der Waals surface area (Å²) in [6.45, 7) is 2.22. The maximum absolute atomic E-state index is 12.4. The molecular weight excluding hydrogens is 472 g/mol. The highest BCUT2D eigenvalue weighted by atomic mass is 16.8. The minimum Gasteiger partial charge on any atom is -0.477 e. The van der Waals surface area contributed by atoms with Gasteiger partial charge in [-0.25, -0.2) is 4.79 Å². The molecule has 0 aromatic heterocycles. The average molecular weight is 515 g/mol. The smallest absolute Gasteiger partial charge is 0.364 e. The van der Waals surface area contributed by atoms with Crippen LogP contribution in [0.3, 0.4) is 0 Å². The van der Waals surface area contributed by atoms with Crippen LogP contribution in [0.1, 0.15) is 71.1 Å². The quantitative estimate of drug-likeness (QED) is 0.142. The van der Waals surface area contributed by atoms with Crippen LogP contribution in [-0.2, 0) is 23.7 Å². The van der Waals surface area contributed by atoms with E-state index in [2.05, 4.69) is 19.1 Å². The predicted octanol–water partition coefficient (Wildman–Crippen LogP) is 6.29. The summed E-state index contributed by atoms with van der Waals surface area (Å²) in [4.78, 5) is 12.4. The largest absolute Gasteiger partial charge is 0.477 e. The van der Waals surface area contributed by atoms with E-state index < -0.39 is 24.3 Å². The molecule has 1 aliphatic carbocycles. The number of unbranched alkanes of at least 4 members (excludes halogenated alkanes) is 4. The van der Waals surface area contributed by atoms with Crippen LogP contribution < -0.4 is 0 Å². The molecule has 0 aromatic carbocycles. The lowest BCUT2D eigenvalue weighted by molar-refractivity contribution is -0.317. The Bertz CT molecular complexity index is 837. The molecule has 2 unspecified atom stereocenters. The number of aliphatic hydroxyl groups is 1. The first-order valence-electron chi connectivity index (χ1n) is 13.6. The van der Waals surface area contributed by atoms with Gasteiger partial charge in [0.2, 0.25) is 12.6 Å². The van der Waals surface area contributed by atoms with Crippen LogP contribution in [0.15, 0.2) is 73.3 Å². The zero-order chi connectivity index (χ0) is 26.3. The first-order valence-corrected chi connectivity index (χ1v) is 13.6. The van der Waals surface area contributed by atoms with E-state index >= 15 is 0 Å². The summed E-state index contributed by atoms with van der Waals surface area (Å²) >= 11 is 0. The van der Waals surface area contributed by atoms with E-state index in [1.54, 1.807) is 36.5 Å². The van der Waals surface area contributed by atoms with Gasteiger partial charge in [0.1, 0.15) is 0 Å². The number of aliphatic hydroxyl groups excluding tert-OH is 1. The molecule has 7 nitrogen and oxygen atoms in total. The Morgan fingerprint density at radius 2 is 1.65 bits per heavy atom. The number of carbonyl (C=O) groups is 1. The van der Waals surface area contributed by atoms with Crippen molar-refractivity contribution in [3.63, 3.8) is 0 Å². The van der Waals surface area contributed by atoms with Crippen LogP contribution >= 0.6 is 0 Å². The van der Waals surface area contributed by atoms with E-state index in [1.165, 1.54) is 38.2 Å². The lowest BCUT2D eigenvalue weighted by Crippen LogP contribution is -2.49. The van der Waals surface area contributed by atoms with Gasteiger partial charge in [-0.05, 0) is 74.7 Å². The average Bonchev–Trinajstić information content (AvgIpc) is 3.25. The van der Waals surface area contributed by atoms with Crippen molar-refractivity contribution in [3.05, 3.63) is 73.3 Å². The van der Waals surface area contributed by atoms with Gasteiger partial charge in [-0.2, -0.15) is 0 Å². The van der Waals surface area contributed by atoms with E-state index in [0.29, 0.717) is 12.3 Å². The first kappa shape index (κ1) is 29.0. The van der Waals surface area contributed by atoms with Gasteiger partial charge in [-0.15, -0.1) is 0 Å². The summed E-state index contributed by atoms with van der Waals surface area (Å²) in [7, 11) is 0. The lowest BCUT2D eigenvalue weighted by Gasteiger charge is -2.34. The summed E-state index contributed by atoms with van der Waals surface area (Å²) in [5.74, 6) is -2.67. The number of ether oxygens (including phenoxy) is 4. The number of hydrogen-bond acceptors (Lipinski definition) is 6. The zero-order valence-electron chi connectivity index (χ0n) is 21.8. The number of aliphatic carboxylic acids is 1. The van der Waals surface area contributed by atoms with Crippen LogP contribution in [0.5, 0.6) is 0 Å². The van der Waals surface area contributed by atoms with Crippen LogP contribution in [0, 0.1) is 11.8 Å². The second kappa shape index (κ2) is 15.6. The Labute approximate surface area is 220 Å². The molecule has 7 heteroatoms. The highest BCUT2D eigenvalue weighted by Gasteiger charge is 2.45. The molecule has 0 radical (unpaired) electrons. The monoisotopic (exact) mass is 514 g/mol. The van der Waals surface area contributed by atoms with E-state index in [-0.39, 0.29) is 18.4 Å². The summed E-state index contributed by atoms with van der Waals surface area (Å²) in [5.41, 5.74) is 0.